The molecule has 0 radical (unpaired) electrons. The standard InChI is InChI=1S/C14H9BrN2O2/c15-9-2-4-12-10(5-9)11(7-17-12)13-3-1-8(6-16-13)14(18)19/h1-7,17H,(H,18,19). The van der Waals surface area contributed by atoms with E-state index in [4.69, 9.17) is 5.11 Å². The van der Waals surface area contributed by atoms with Gasteiger partial charge in [-0.25, -0.2) is 4.79 Å². The molecule has 3 rings (SSSR count). The number of fused-ring (bicyclic) bond motifs is 1. The highest BCUT2D eigenvalue weighted by molar-refractivity contribution is 9.10. The highest BCUT2D eigenvalue weighted by Gasteiger charge is 2.09. The molecule has 1 aromatic carbocycles. The zero-order chi connectivity index (χ0) is 13.4. The van der Waals surface area contributed by atoms with Gasteiger partial charge < -0.3 is 10.1 Å². The Hall–Kier alpha value is -2.14. The molecule has 3 aromatic rings. The van der Waals surface area contributed by atoms with Crippen LogP contribution in [0.1, 0.15) is 10.4 Å². The fourth-order valence-electron chi connectivity index (χ4n) is 1.98. The number of aromatic amines is 1. The van der Waals surface area contributed by atoms with Crippen LogP contribution in [0.5, 0.6) is 0 Å². The predicted octanol–water partition coefficient (Wildman–Crippen LogP) is 3.69. The molecule has 0 amide bonds. The Balaban J connectivity index is 2.13. The number of nitrogens with zero attached hydrogens (tertiary/aromatic N) is 1. The summed E-state index contributed by atoms with van der Waals surface area (Å²) in [6.45, 7) is 0. The number of carboxylic acids is 1. The van der Waals surface area contributed by atoms with Crippen LogP contribution in [0.4, 0.5) is 0 Å². The molecule has 4 nitrogen and oxygen atoms in total. The molecule has 5 heteroatoms. The molecule has 0 atom stereocenters. The summed E-state index contributed by atoms with van der Waals surface area (Å²) in [4.78, 5) is 18.2. The summed E-state index contributed by atoms with van der Waals surface area (Å²) in [6, 6.07) is 9.22. The van der Waals surface area contributed by atoms with Gasteiger partial charge in [-0.3, -0.25) is 4.98 Å². The minimum Gasteiger partial charge on any atom is -0.478 e. The van der Waals surface area contributed by atoms with Crippen molar-refractivity contribution in [2.75, 3.05) is 0 Å². The van der Waals surface area contributed by atoms with E-state index in [2.05, 4.69) is 25.9 Å². The molecule has 2 N–H and O–H groups in total. The summed E-state index contributed by atoms with van der Waals surface area (Å²) in [5.74, 6) is -0.972. The highest BCUT2D eigenvalue weighted by Crippen LogP contribution is 2.29. The third-order valence-electron chi connectivity index (χ3n) is 2.93. The number of carbonyl (C=O) groups is 1. The van der Waals surface area contributed by atoms with Gasteiger partial charge in [-0.1, -0.05) is 15.9 Å². The van der Waals surface area contributed by atoms with Crippen molar-refractivity contribution in [1.29, 1.82) is 0 Å². The summed E-state index contributed by atoms with van der Waals surface area (Å²) in [6.07, 6.45) is 3.24. The third kappa shape index (κ3) is 2.13. The second kappa shape index (κ2) is 4.51. The number of nitrogens with one attached hydrogen (secondary N) is 1. The largest absolute Gasteiger partial charge is 0.478 e. The fraction of sp³-hybridized carbons (Fsp3) is 0. The molecule has 2 aromatic heterocycles. The smallest absolute Gasteiger partial charge is 0.337 e. The summed E-state index contributed by atoms with van der Waals surface area (Å²) in [5, 5.41) is 9.91. The number of H-pyrrole nitrogens is 1. The number of benzene rings is 1. The van der Waals surface area contributed by atoms with Crippen molar-refractivity contribution in [3.8, 4) is 11.3 Å². The molecule has 0 unspecified atom stereocenters. The lowest BCUT2D eigenvalue weighted by Crippen LogP contribution is -1.96. The van der Waals surface area contributed by atoms with Gasteiger partial charge in [0.05, 0.1) is 11.3 Å². The number of aromatic nitrogens is 2. The normalized spacial score (nSPS) is 10.8. The average Bonchev–Trinajstić information content (AvgIpc) is 2.81. The van der Waals surface area contributed by atoms with Crippen LogP contribution < -0.4 is 0 Å². The second-order valence-corrected chi connectivity index (χ2v) is 5.05. The molecular weight excluding hydrogens is 308 g/mol. The summed E-state index contributed by atoms with van der Waals surface area (Å²) < 4.78 is 0.989. The quantitative estimate of drug-likeness (QED) is 0.757. The van der Waals surface area contributed by atoms with Crippen molar-refractivity contribution in [3.05, 3.63) is 52.8 Å². The number of aromatic carboxylic acids is 1. The van der Waals surface area contributed by atoms with Crippen molar-refractivity contribution in [2.45, 2.75) is 0 Å². The molecule has 0 aliphatic carbocycles. The van der Waals surface area contributed by atoms with Gasteiger partial charge in [0.25, 0.3) is 0 Å². The number of hydrogen-bond donors (Lipinski definition) is 2. The van der Waals surface area contributed by atoms with Gasteiger partial charge in [0.1, 0.15) is 0 Å². The molecule has 2 heterocycles. The number of rotatable bonds is 2. The van der Waals surface area contributed by atoms with Gasteiger partial charge in [-0.05, 0) is 30.3 Å². The van der Waals surface area contributed by atoms with Crippen LogP contribution in [0.3, 0.4) is 0 Å². The van der Waals surface area contributed by atoms with Crippen LogP contribution >= 0.6 is 15.9 Å². The minimum atomic E-state index is -0.972. The van der Waals surface area contributed by atoms with Gasteiger partial charge in [-0.15, -0.1) is 0 Å². The first-order valence-corrected chi connectivity index (χ1v) is 6.41. The molecule has 0 saturated heterocycles. The maximum absolute atomic E-state index is 10.8. The molecule has 0 saturated carbocycles. The number of carboxylic acid groups (broad SMARTS) is 1. The molecule has 0 spiro atoms. The number of pyridine rings is 1. The SMILES string of the molecule is O=C(O)c1ccc(-c2c[nH]c3ccc(Br)cc23)nc1. The lowest BCUT2D eigenvalue weighted by Gasteiger charge is -2.00. The Morgan fingerprint density at radius 2 is 2.11 bits per heavy atom. The molecule has 0 bridgehead atoms. The molecule has 19 heavy (non-hydrogen) atoms. The van der Waals surface area contributed by atoms with Crippen molar-refractivity contribution >= 4 is 32.8 Å². The maximum Gasteiger partial charge on any atom is 0.337 e. The molecule has 0 aliphatic heterocycles. The summed E-state index contributed by atoms with van der Waals surface area (Å²) >= 11 is 3.44. The molecule has 94 valence electrons. The lowest BCUT2D eigenvalue weighted by molar-refractivity contribution is 0.0696. The van der Waals surface area contributed by atoms with Gasteiger partial charge in [0, 0.05) is 33.3 Å². The van der Waals surface area contributed by atoms with E-state index in [-0.39, 0.29) is 5.56 Å². The summed E-state index contributed by atoms with van der Waals surface area (Å²) in [7, 11) is 0. The van der Waals surface area contributed by atoms with Crippen LogP contribution in [0.15, 0.2) is 47.2 Å². The first kappa shape index (κ1) is 11.9. The van der Waals surface area contributed by atoms with Crippen LogP contribution in [0.25, 0.3) is 22.2 Å². The van der Waals surface area contributed by atoms with E-state index < -0.39 is 5.97 Å². The summed E-state index contributed by atoms with van der Waals surface area (Å²) in [5.41, 5.74) is 2.90. The van der Waals surface area contributed by atoms with E-state index in [9.17, 15) is 4.79 Å². The van der Waals surface area contributed by atoms with E-state index >= 15 is 0 Å². The maximum atomic E-state index is 10.8. The lowest BCUT2D eigenvalue weighted by atomic mass is 10.1. The highest BCUT2D eigenvalue weighted by atomic mass is 79.9. The van der Waals surface area contributed by atoms with E-state index in [0.717, 1.165) is 26.6 Å². The van der Waals surface area contributed by atoms with Crippen molar-refractivity contribution < 1.29 is 9.90 Å². The van der Waals surface area contributed by atoms with E-state index in [1.807, 2.05) is 24.4 Å². The van der Waals surface area contributed by atoms with Gasteiger partial charge >= 0.3 is 5.97 Å². The monoisotopic (exact) mass is 316 g/mol. The molecule has 0 fully saturated rings. The zero-order valence-corrected chi connectivity index (χ0v) is 11.3. The zero-order valence-electron chi connectivity index (χ0n) is 9.72. The number of hydrogen-bond acceptors (Lipinski definition) is 2. The van der Waals surface area contributed by atoms with E-state index in [0.29, 0.717) is 0 Å². The molecular formula is C14H9BrN2O2. The van der Waals surface area contributed by atoms with E-state index in [1.54, 1.807) is 12.1 Å². The van der Waals surface area contributed by atoms with Gasteiger partial charge in [-0.2, -0.15) is 0 Å². The average molecular weight is 317 g/mol. The van der Waals surface area contributed by atoms with Crippen LogP contribution in [0, 0.1) is 0 Å². The van der Waals surface area contributed by atoms with Crippen molar-refractivity contribution in [1.82, 2.24) is 9.97 Å². The Labute approximate surface area is 117 Å². The Morgan fingerprint density at radius 1 is 1.26 bits per heavy atom. The fourth-order valence-corrected chi connectivity index (χ4v) is 2.35. The number of halogens is 1. The Kier molecular flexibility index (Phi) is 2.83. The first-order chi connectivity index (χ1) is 9.15. The van der Waals surface area contributed by atoms with Crippen LogP contribution in [0.2, 0.25) is 0 Å². The van der Waals surface area contributed by atoms with Gasteiger partial charge in [0.2, 0.25) is 0 Å². The Bertz CT molecular complexity index is 763. The second-order valence-electron chi connectivity index (χ2n) is 4.13. The third-order valence-corrected chi connectivity index (χ3v) is 3.42. The Morgan fingerprint density at radius 3 is 2.79 bits per heavy atom. The van der Waals surface area contributed by atoms with E-state index in [1.165, 1.54) is 6.20 Å². The molecule has 0 aliphatic rings. The van der Waals surface area contributed by atoms with Crippen molar-refractivity contribution in [3.63, 3.8) is 0 Å². The van der Waals surface area contributed by atoms with Gasteiger partial charge in [0.15, 0.2) is 0 Å². The predicted molar refractivity (Wildman–Crippen MR) is 76.2 cm³/mol. The van der Waals surface area contributed by atoms with Crippen LogP contribution in [-0.4, -0.2) is 21.0 Å². The first-order valence-electron chi connectivity index (χ1n) is 5.61. The minimum absolute atomic E-state index is 0.185. The topological polar surface area (TPSA) is 66.0 Å². The van der Waals surface area contributed by atoms with Crippen LogP contribution in [-0.2, 0) is 0 Å². The van der Waals surface area contributed by atoms with Crippen molar-refractivity contribution in [2.24, 2.45) is 0 Å².